The zero-order valence-electron chi connectivity index (χ0n) is 11.4. The SMILES string of the molecule is OC1C2CC3CN(CCC4CCCCC4)C1C3C2. The Morgan fingerprint density at radius 3 is 2.61 bits per heavy atom. The van der Waals surface area contributed by atoms with Crippen molar-refractivity contribution in [1.82, 2.24) is 4.90 Å². The molecule has 18 heavy (non-hydrogen) atoms. The molecule has 0 aromatic rings. The lowest BCUT2D eigenvalue weighted by Gasteiger charge is -2.30. The van der Waals surface area contributed by atoms with Crippen LogP contribution < -0.4 is 0 Å². The first-order valence-corrected chi connectivity index (χ1v) is 8.25. The molecule has 2 nitrogen and oxygen atoms in total. The lowest BCUT2D eigenvalue weighted by atomic mass is 9.86. The summed E-state index contributed by atoms with van der Waals surface area (Å²) in [5.74, 6) is 3.45. The molecule has 4 aliphatic rings. The van der Waals surface area contributed by atoms with Gasteiger partial charge in [0.25, 0.3) is 0 Å². The highest BCUT2D eigenvalue weighted by Gasteiger charge is 2.58. The number of aliphatic hydroxyl groups is 1. The monoisotopic (exact) mass is 249 g/mol. The number of fused-ring (bicyclic) bond motifs is 1. The quantitative estimate of drug-likeness (QED) is 0.831. The average molecular weight is 249 g/mol. The fraction of sp³-hybridized carbons (Fsp3) is 1.00. The Morgan fingerprint density at radius 2 is 1.83 bits per heavy atom. The highest BCUT2D eigenvalue weighted by atomic mass is 16.3. The average Bonchev–Trinajstić information content (AvgIpc) is 2.99. The molecule has 2 bridgehead atoms. The molecule has 102 valence electrons. The predicted molar refractivity (Wildman–Crippen MR) is 72.3 cm³/mol. The van der Waals surface area contributed by atoms with Crippen molar-refractivity contribution in [1.29, 1.82) is 0 Å². The van der Waals surface area contributed by atoms with Crippen molar-refractivity contribution in [2.45, 2.75) is 63.5 Å². The van der Waals surface area contributed by atoms with E-state index in [1.165, 1.54) is 64.5 Å². The number of hydrogen-bond acceptors (Lipinski definition) is 2. The van der Waals surface area contributed by atoms with Gasteiger partial charge in [-0.25, -0.2) is 0 Å². The van der Waals surface area contributed by atoms with Gasteiger partial charge in [-0.15, -0.1) is 0 Å². The summed E-state index contributed by atoms with van der Waals surface area (Å²) in [6.07, 6.45) is 11.4. The molecule has 5 unspecified atom stereocenters. The summed E-state index contributed by atoms with van der Waals surface area (Å²) in [6.45, 7) is 2.57. The molecule has 4 rings (SSSR count). The zero-order chi connectivity index (χ0) is 12.1. The Kier molecular flexibility index (Phi) is 2.92. The van der Waals surface area contributed by atoms with Crippen LogP contribution in [0.3, 0.4) is 0 Å². The van der Waals surface area contributed by atoms with Gasteiger partial charge in [0.2, 0.25) is 0 Å². The molecule has 0 aromatic heterocycles. The standard InChI is InChI=1S/C16H27NO/c18-16-12-8-13-10-17(15(16)14(13)9-12)7-6-11-4-2-1-3-5-11/h11-16,18H,1-10H2. The van der Waals surface area contributed by atoms with Crippen molar-refractivity contribution in [2.24, 2.45) is 23.7 Å². The summed E-state index contributed by atoms with van der Waals surface area (Å²) in [5, 5.41) is 10.4. The highest BCUT2D eigenvalue weighted by Crippen LogP contribution is 2.54. The van der Waals surface area contributed by atoms with Crippen LogP contribution >= 0.6 is 0 Å². The van der Waals surface area contributed by atoms with E-state index in [-0.39, 0.29) is 6.10 Å². The molecule has 0 amide bonds. The molecule has 2 heteroatoms. The smallest absolute Gasteiger partial charge is 0.0726 e. The van der Waals surface area contributed by atoms with Crippen molar-refractivity contribution in [3.8, 4) is 0 Å². The van der Waals surface area contributed by atoms with Crippen LogP contribution in [0.5, 0.6) is 0 Å². The Hall–Kier alpha value is -0.0800. The number of hydrogen-bond donors (Lipinski definition) is 1. The number of likely N-dealkylation sites (tertiary alicyclic amines) is 1. The number of rotatable bonds is 3. The summed E-state index contributed by atoms with van der Waals surface area (Å²) in [4.78, 5) is 2.67. The first-order valence-electron chi connectivity index (χ1n) is 8.25. The summed E-state index contributed by atoms with van der Waals surface area (Å²) in [7, 11) is 0. The van der Waals surface area contributed by atoms with Gasteiger partial charge in [0.05, 0.1) is 6.10 Å². The van der Waals surface area contributed by atoms with Gasteiger partial charge in [0.15, 0.2) is 0 Å². The van der Waals surface area contributed by atoms with Crippen LogP contribution in [0.4, 0.5) is 0 Å². The largest absolute Gasteiger partial charge is 0.391 e. The molecule has 0 aromatic carbocycles. The first-order chi connectivity index (χ1) is 8.83. The van der Waals surface area contributed by atoms with Gasteiger partial charge < -0.3 is 5.11 Å². The van der Waals surface area contributed by atoms with E-state index >= 15 is 0 Å². The molecule has 4 fully saturated rings. The van der Waals surface area contributed by atoms with Crippen molar-refractivity contribution < 1.29 is 5.11 Å². The maximum Gasteiger partial charge on any atom is 0.0726 e. The second-order valence-electron chi connectivity index (χ2n) is 7.42. The minimum Gasteiger partial charge on any atom is -0.391 e. The van der Waals surface area contributed by atoms with E-state index in [2.05, 4.69) is 4.90 Å². The maximum absolute atomic E-state index is 10.4. The summed E-state index contributed by atoms with van der Waals surface area (Å²) in [6, 6.07) is 0.553. The maximum atomic E-state index is 10.4. The Labute approximate surface area is 111 Å². The van der Waals surface area contributed by atoms with Crippen LogP contribution in [0.1, 0.15) is 51.4 Å². The molecule has 1 heterocycles. The van der Waals surface area contributed by atoms with E-state index in [0.29, 0.717) is 12.0 Å². The molecule has 5 atom stereocenters. The van der Waals surface area contributed by atoms with E-state index in [1.54, 1.807) is 0 Å². The van der Waals surface area contributed by atoms with E-state index in [0.717, 1.165) is 17.8 Å². The molecule has 1 N–H and O–H groups in total. The van der Waals surface area contributed by atoms with Gasteiger partial charge in [-0.1, -0.05) is 32.1 Å². The Balaban J connectivity index is 1.35. The third kappa shape index (κ3) is 1.76. The lowest BCUT2D eigenvalue weighted by molar-refractivity contribution is 0.0485. The first kappa shape index (κ1) is 11.7. The van der Waals surface area contributed by atoms with E-state index in [9.17, 15) is 5.11 Å². The summed E-state index contributed by atoms with van der Waals surface area (Å²) < 4.78 is 0. The van der Waals surface area contributed by atoms with Gasteiger partial charge in [0, 0.05) is 12.6 Å². The lowest BCUT2D eigenvalue weighted by Crippen LogP contribution is -2.41. The Bertz CT molecular complexity index is 310. The van der Waals surface area contributed by atoms with Crippen LogP contribution in [-0.4, -0.2) is 35.2 Å². The van der Waals surface area contributed by atoms with Crippen molar-refractivity contribution in [3.05, 3.63) is 0 Å². The fourth-order valence-electron chi connectivity index (χ4n) is 5.62. The molecule has 3 saturated carbocycles. The second kappa shape index (κ2) is 4.49. The van der Waals surface area contributed by atoms with Crippen LogP contribution in [0.15, 0.2) is 0 Å². The highest BCUT2D eigenvalue weighted by molar-refractivity contribution is 5.10. The van der Waals surface area contributed by atoms with Crippen molar-refractivity contribution >= 4 is 0 Å². The van der Waals surface area contributed by atoms with Crippen molar-refractivity contribution in [2.75, 3.05) is 13.1 Å². The fourth-order valence-corrected chi connectivity index (χ4v) is 5.62. The van der Waals surface area contributed by atoms with Crippen molar-refractivity contribution in [3.63, 3.8) is 0 Å². The normalized spacial score (nSPS) is 48.2. The topological polar surface area (TPSA) is 23.5 Å². The summed E-state index contributed by atoms with van der Waals surface area (Å²) >= 11 is 0. The summed E-state index contributed by atoms with van der Waals surface area (Å²) in [5.41, 5.74) is 0. The Morgan fingerprint density at radius 1 is 1.00 bits per heavy atom. The van der Waals surface area contributed by atoms with Crippen LogP contribution in [0.25, 0.3) is 0 Å². The molecule has 1 saturated heterocycles. The second-order valence-corrected chi connectivity index (χ2v) is 7.42. The van der Waals surface area contributed by atoms with E-state index in [4.69, 9.17) is 0 Å². The third-order valence-electron chi connectivity index (χ3n) is 6.50. The van der Waals surface area contributed by atoms with Gasteiger partial charge in [-0.05, 0) is 49.5 Å². The van der Waals surface area contributed by atoms with E-state index < -0.39 is 0 Å². The van der Waals surface area contributed by atoms with Gasteiger partial charge >= 0.3 is 0 Å². The predicted octanol–water partition coefficient (Wildman–Crippen LogP) is 2.66. The van der Waals surface area contributed by atoms with Gasteiger partial charge in [0.1, 0.15) is 0 Å². The molecular weight excluding hydrogens is 222 g/mol. The molecule has 0 spiro atoms. The van der Waals surface area contributed by atoms with Gasteiger partial charge in [-0.2, -0.15) is 0 Å². The minimum atomic E-state index is 0.0140. The van der Waals surface area contributed by atoms with Crippen LogP contribution in [0, 0.1) is 23.7 Å². The van der Waals surface area contributed by atoms with Crippen LogP contribution in [-0.2, 0) is 0 Å². The van der Waals surface area contributed by atoms with Gasteiger partial charge in [-0.3, -0.25) is 4.90 Å². The van der Waals surface area contributed by atoms with Crippen LogP contribution in [0.2, 0.25) is 0 Å². The number of aliphatic hydroxyl groups excluding tert-OH is 1. The minimum absolute atomic E-state index is 0.0140. The third-order valence-corrected chi connectivity index (χ3v) is 6.50. The molecule has 0 radical (unpaired) electrons. The molecular formula is C16H27NO. The molecule has 3 aliphatic carbocycles. The zero-order valence-corrected chi connectivity index (χ0v) is 11.4. The van der Waals surface area contributed by atoms with E-state index in [1.807, 2.05) is 0 Å². The molecule has 1 aliphatic heterocycles. The number of nitrogens with zero attached hydrogens (tertiary/aromatic N) is 1.